The number of hydrogen-bond acceptors (Lipinski definition) is 6. The molecule has 0 bridgehead atoms. The molecule has 0 atom stereocenters. The minimum absolute atomic E-state index is 0.339. The number of ether oxygens (including phenoxy) is 1. The Hall–Kier alpha value is -1.66. The van der Waals surface area contributed by atoms with E-state index in [0.717, 1.165) is 16.4 Å². The lowest BCUT2D eigenvalue weighted by atomic mass is 9.99. The fourth-order valence-corrected chi connectivity index (χ4v) is 2.18. The Bertz CT molecular complexity index is 559. The Morgan fingerprint density at radius 1 is 1.25 bits per heavy atom. The van der Waals surface area contributed by atoms with Gasteiger partial charge in [0.05, 0.1) is 5.60 Å². The molecule has 0 saturated heterocycles. The molecule has 0 aliphatic carbocycles. The molecule has 0 aliphatic rings. The van der Waals surface area contributed by atoms with E-state index in [9.17, 15) is 5.11 Å². The molecule has 0 amide bonds. The number of aromatic nitrogens is 2. The van der Waals surface area contributed by atoms with Gasteiger partial charge in [0.25, 0.3) is 0 Å². The monoisotopic (exact) mass is 293 g/mol. The number of anilines is 1. The van der Waals surface area contributed by atoms with Crippen molar-refractivity contribution in [2.75, 3.05) is 19.0 Å². The Kier molecular flexibility index (Phi) is 4.25. The van der Waals surface area contributed by atoms with Crippen molar-refractivity contribution in [3.63, 3.8) is 0 Å². The molecule has 2 aromatic rings. The van der Waals surface area contributed by atoms with Crippen LogP contribution in [0.5, 0.6) is 5.75 Å². The number of hydrogen-bond donors (Lipinski definition) is 1. The first-order chi connectivity index (χ1) is 9.36. The lowest BCUT2D eigenvalue weighted by molar-refractivity contribution is 0.0785. The zero-order valence-corrected chi connectivity index (χ0v) is 12.9. The molecule has 1 N–H and O–H groups in total. The molecule has 6 heteroatoms. The summed E-state index contributed by atoms with van der Waals surface area (Å²) in [4.78, 5) is 6.27. The second-order valence-electron chi connectivity index (χ2n) is 5.26. The minimum Gasteiger partial charge on any atom is -0.486 e. The van der Waals surface area contributed by atoms with Crippen molar-refractivity contribution in [1.82, 2.24) is 9.36 Å². The Morgan fingerprint density at radius 2 is 1.90 bits per heavy atom. The highest BCUT2D eigenvalue weighted by atomic mass is 32.1. The van der Waals surface area contributed by atoms with Crippen LogP contribution in [-0.4, -0.2) is 28.6 Å². The largest absolute Gasteiger partial charge is 0.486 e. The predicted molar refractivity (Wildman–Crippen MR) is 80.3 cm³/mol. The molecule has 1 aromatic heterocycles. The number of nitrogens with zero attached hydrogens (tertiary/aromatic N) is 3. The molecule has 0 fully saturated rings. The third kappa shape index (κ3) is 3.68. The SMILES string of the molecule is CN(C)c1nc(COc2ccc(C(C)(C)O)cc2)ns1. The van der Waals surface area contributed by atoms with Crippen molar-refractivity contribution in [3.05, 3.63) is 35.7 Å². The maximum atomic E-state index is 9.88. The maximum absolute atomic E-state index is 9.88. The van der Waals surface area contributed by atoms with Gasteiger partial charge in [-0.3, -0.25) is 0 Å². The van der Waals surface area contributed by atoms with E-state index >= 15 is 0 Å². The van der Waals surface area contributed by atoms with Crippen LogP contribution in [-0.2, 0) is 12.2 Å². The van der Waals surface area contributed by atoms with Crippen LogP contribution in [0.25, 0.3) is 0 Å². The highest BCUT2D eigenvalue weighted by molar-refractivity contribution is 7.09. The molecule has 20 heavy (non-hydrogen) atoms. The molecule has 108 valence electrons. The van der Waals surface area contributed by atoms with Gasteiger partial charge in [0.15, 0.2) is 5.82 Å². The van der Waals surface area contributed by atoms with Crippen LogP contribution in [0.1, 0.15) is 25.2 Å². The molecule has 1 heterocycles. The van der Waals surface area contributed by atoms with Gasteiger partial charge in [-0.1, -0.05) is 12.1 Å². The summed E-state index contributed by atoms with van der Waals surface area (Å²) in [6.07, 6.45) is 0. The Labute approximate surface area is 123 Å². The molecule has 0 unspecified atom stereocenters. The van der Waals surface area contributed by atoms with Gasteiger partial charge >= 0.3 is 0 Å². The van der Waals surface area contributed by atoms with Gasteiger partial charge in [-0.25, -0.2) is 0 Å². The minimum atomic E-state index is -0.838. The fraction of sp³-hybridized carbons (Fsp3) is 0.429. The molecular formula is C14H19N3O2S. The quantitative estimate of drug-likeness (QED) is 0.917. The molecule has 1 aromatic carbocycles. The van der Waals surface area contributed by atoms with E-state index in [0.29, 0.717) is 12.4 Å². The first-order valence-electron chi connectivity index (χ1n) is 6.32. The first kappa shape index (κ1) is 14.7. The second kappa shape index (κ2) is 5.76. The summed E-state index contributed by atoms with van der Waals surface area (Å²) < 4.78 is 9.87. The van der Waals surface area contributed by atoms with Crippen molar-refractivity contribution in [3.8, 4) is 5.75 Å². The van der Waals surface area contributed by atoms with E-state index < -0.39 is 5.60 Å². The first-order valence-corrected chi connectivity index (χ1v) is 7.09. The molecule has 0 radical (unpaired) electrons. The smallest absolute Gasteiger partial charge is 0.204 e. The van der Waals surface area contributed by atoms with Gasteiger partial charge in [-0.05, 0) is 31.5 Å². The predicted octanol–water partition coefficient (Wildman–Crippen LogP) is 2.41. The van der Waals surface area contributed by atoms with Gasteiger partial charge in [0.2, 0.25) is 5.13 Å². The van der Waals surface area contributed by atoms with Gasteiger partial charge in [-0.2, -0.15) is 9.36 Å². The number of benzene rings is 1. The lowest BCUT2D eigenvalue weighted by Gasteiger charge is -2.17. The summed E-state index contributed by atoms with van der Waals surface area (Å²) in [6, 6.07) is 7.39. The highest BCUT2D eigenvalue weighted by Crippen LogP contribution is 2.23. The van der Waals surface area contributed by atoms with Gasteiger partial charge in [-0.15, -0.1) is 0 Å². The van der Waals surface area contributed by atoms with E-state index in [1.165, 1.54) is 11.5 Å². The average Bonchev–Trinajstić information content (AvgIpc) is 2.85. The van der Waals surface area contributed by atoms with Crippen molar-refractivity contribution < 1.29 is 9.84 Å². The van der Waals surface area contributed by atoms with Gasteiger partial charge < -0.3 is 14.7 Å². The van der Waals surface area contributed by atoms with E-state index in [2.05, 4.69) is 9.36 Å². The van der Waals surface area contributed by atoms with Crippen molar-refractivity contribution >= 4 is 16.7 Å². The summed E-state index contributed by atoms with van der Waals surface area (Å²) in [7, 11) is 3.86. The third-order valence-electron chi connectivity index (χ3n) is 2.77. The van der Waals surface area contributed by atoms with Crippen LogP contribution >= 0.6 is 11.5 Å². The number of rotatable bonds is 5. The van der Waals surface area contributed by atoms with Crippen molar-refractivity contribution in [2.45, 2.75) is 26.1 Å². The summed E-state index contributed by atoms with van der Waals surface area (Å²) in [5.74, 6) is 1.41. The molecule has 2 rings (SSSR count). The average molecular weight is 293 g/mol. The van der Waals surface area contributed by atoms with Crippen LogP contribution < -0.4 is 9.64 Å². The van der Waals surface area contributed by atoms with Gasteiger partial charge in [0.1, 0.15) is 12.4 Å². The third-order valence-corrected chi connectivity index (χ3v) is 3.69. The van der Waals surface area contributed by atoms with Gasteiger partial charge in [0, 0.05) is 25.6 Å². The van der Waals surface area contributed by atoms with Crippen LogP contribution in [0.4, 0.5) is 5.13 Å². The summed E-state index contributed by atoms with van der Waals surface area (Å²) in [5.41, 5.74) is 0.0156. The summed E-state index contributed by atoms with van der Waals surface area (Å²) in [6.45, 7) is 3.85. The van der Waals surface area contributed by atoms with E-state index in [4.69, 9.17) is 4.74 Å². The van der Waals surface area contributed by atoms with Crippen molar-refractivity contribution in [1.29, 1.82) is 0 Å². The topological polar surface area (TPSA) is 58.5 Å². The Balaban J connectivity index is 1.97. The Morgan fingerprint density at radius 3 is 2.40 bits per heavy atom. The van der Waals surface area contributed by atoms with Crippen LogP contribution in [0.15, 0.2) is 24.3 Å². The van der Waals surface area contributed by atoms with Crippen LogP contribution in [0.3, 0.4) is 0 Å². The van der Waals surface area contributed by atoms with Crippen molar-refractivity contribution in [2.24, 2.45) is 0 Å². The summed E-state index contributed by atoms with van der Waals surface area (Å²) >= 11 is 1.35. The van der Waals surface area contributed by atoms with Crippen LogP contribution in [0, 0.1) is 0 Å². The highest BCUT2D eigenvalue weighted by Gasteiger charge is 2.15. The molecule has 0 aliphatic heterocycles. The van der Waals surface area contributed by atoms with E-state index in [-0.39, 0.29) is 0 Å². The van der Waals surface area contributed by atoms with Crippen LogP contribution in [0.2, 0.25) is 0 Å². The fourth-order valence-electron chi connectivity index (χ4n) is 1.59. The lowest BCUT2D eigenvalue weighted by Crippen LogP contribution is -2.15. The van der Waals surface area contributed by atoms with E-state index in [1.54, 1.807) is 13.8 Å². The molecule has 0 saturated carbocycles. The number of aliphatic hydroxyl groups is 1. The molecule has 5 nitrogen and oxygen atoms in total. The zero-order valence-electron chi connectivity index (χ0n) is 12.1. The normalized spacial score (nSPS) is 11.4. The van der Waals surface area contributed by atoms with E-state index in [1.807, 2.05) is 43.3 Å². The maximum Gasteiger partial charge on any atom is 0.204 e. The zero-order chi connectivity index (χ0) is 14.8. The standard InChI is InChI=1S/C14H19N3O2S/c1-14(2,18)10-5-7-11(8-6-10)19-9-12-15-13(17(3)4)20-16-12/h5-8,18H,9H2,1-4H3. The molecular weight excluding hydrogens is 274 g/mol. The summed E-state index contributed by atoms with van der Waals surface area (Å²) in [5, 5.41) is 10.7. The molecule has 0 spiro atoms. The second-order valence-corrected chi connectivity index (χ2v) is 5.99.